The summed E-state index contributed by atoms with van der Waals surface area (Å²) in [6, 6.07) is 7.27. The summed E-state index contributed by atoms with van der Waals surface area (Å²) in [5.41, 5.74) is 7.19. The van der Waals surface area contributed by atoms with Crippen molar-refractivity contribution >= 4 is 5.91 Å². The van der Waals surface area contributed by atoms with Gasteiger partial charge >= 0.3 is 0 Å². The van der Waals surface area contributed by atoms with Crippen molar-refractivity contribution in [3.63, 3.8) is 0 Å². The second-order valence-corrected chi connectivity index (χ2v) is 7.45. The van der Waals surface area contributed by atoms with Crippen LogP contribution in [0.25, 0.3) is 0 Å². The number of rotatable bonds is 6. The van der Waals surface area contributed by atoms with Crippen molar-refractivity contribution in [2.45, 2.75) is 51.5 Å². The SMILES string of the molecule is CCCC1NNCC1C(=O)N1CCCC(CCc2ccccc2F)C1. The molecule has 138 valence electrons. The summed E-state index contributed by atoms with van der Waals surface area (Å²) in [4.78, 5) is 15.0. The smallest absolute Gasteiger partial charge is 0.228 e. The van der Waals surface area contributed by atoms with Crippen LogP contribution in [0, 0.1) is 17.7 Å². The molecule has 2 fully saturated rings. The molecule has 3 rings (SSSR count). The first-order valence-electron chi connectivity index (χ1n) is 9.69. The highest BCUT2D eigenvalue weighted by Crippen LogP contribution is 2.25. The van der Waals surface area contributed by atoms with Crippen LogP contribution in [0.2, 0.25) is 0 Å². The van der Waals surface area contributed by atoms with E-state index in [1.165, 1.54) is 6.07 Å². The standard InChI is InChI=1S/C20H30FN3O/c1-2-6-19-17(13-22-23-19)20(25)24-12-5-7-15(14-24)10-11-16-8-3-4-9-18(16)21/h3-4,8-9,15,17,19,22-23H,2,5-7,10-14H2,1H3. The van der Waals surface area contributed by atoms with Crippen molar-refractivity contribution in [3.05, 3.63) is 35.6 Å². The number of likely N-dealkylation sites (tertiary alicyclic amines) is 1. The predicted molar refractivity (Wildman–Crippen MR) is 97.3 cm³/mol. The van der Waals surface area contributed by atoms with Crippen LogP contribution in [0.3, 0.4) is 0 Å². The zero-order valence-corrected chi connectivity index (χ0v) is 15.1. The Balaban J connectivity index is 1.54. The number of amides is 1. The van der Waals surface area contributed by atoms with Gasteiger partial charge in [-0.2, -0.15) is 0 Å². The molecule has 2 aliphatic rings. The molecule has 2 heterocycles. The lowest BCUT2D eigenvalue weighted by atomic mass is 9.89. The predicted octanol–water partition coefficient (Wildman–Crippen LogP) is 2.89. The molecule has 0 aromatic heterocycles. The molecular weight excluding hydrogens is 317 g/mol. The zero-order valence-electron chi connectivity index (χ0n) is 15.1. The highest BCUT2D eigenvalue weighted by molar-refractivity contribution is 5.80. The van der Waals surface area contributed by atoms with Crippen LogP contribution in [0.5, 0.6) is 0 Å². The molecule has 1 amide bonds. The molecule has 3 atom stereocenters. The molecule has 2 N–H and O–H groups in total. The van der Waals surface area contributed by atoms with E-state index >= 15 is 0 Å². The lowest BCUT2D eigenvalue weighted by Crippen LogP contribution is -2.46. The van der Waals surface area contributed by atoms with E-state index in [0.29, 0.717) is 5.92 Å². The lowest BCUT2D eigenvalue weighted by molar-refractivity contribution is -0.137. The summed E-state index contributed by atoms with van der Waals surface area (Å²) in [6.45, 7) is 4.56. The normalized spacial score (nSPS) is 26.8. The molecule has 25 heavy (non-hydrogen) atoms. The zero-order chi connectivity index (χ0) is 17.6. The molecule has 5 heteroatoms. The molecule has 1 aromatic carbocycles. The summed E-state index contributed by atoms with van der Waals surface area (Å²) in [7, 11) is 0. The maximum Gasteiger partial charge on any atom is 0.228 e. The molecule has 2 aliphatic heterocycles. The third-order valence-electron chi connectivity index (χ3n) is 5.62. The fourth-order valence-corrected chi connectivity index (χ4v) is 4.18. The first-order chi connectivity index (χ1) is 12.2. The fourth-order valence-electron chi connectivity index (χ4n) is 4.18. The van der Waals surface area contributed by atoms with E-state index in [-0.39, 0.29) is 23.7 Å². The molecule has 0 radical (unpaired) electrons. The number of nitrogens with zero attached hydrogens (tertiary/aromatic N) is 1. The molecule has 0 bridgehead atoms. The lowest BCUT2D eigenvalue weighted by Gasteiger charge is -2.35. The number of nitrogens with one attached hydrogen (secondary N) is 2. The molecule has 0 aliphatic carbocycles. The van der Waals surface area contributed by atoms with E-state index in [1.807, 2.05) is 12.1 Å². The first-order valence-corrected chi connectivity index (χ1v) is 9.69. The van der Waals surface area contributed by atoms with Crippen LogP contribution in [-0.2, 0) is 11.2 Å². The Hall–Kier alpha value is -1.46. The monoisotopic (exact) mass is 347 g/mol. The molecule has 3 unspecified atom stereocenters. The highest BCUT2D eigenvalue weighted by atomic mass is 19.1. The Morgan fingerprint density at radius 3 is 2.96 bits per heavy atom. The van der Waals surface area contributed by atoms with E-state index in [1.54, 1.807) is 6.07 Å². The molecule has 1 aromatic rings. The summed E-state index contributed by atoms with van der Waals surface area (Å²) in [5, 5.41) is 0. The topological polar surface area (TPSA) is 44.4 Å². The number of hydrogen-bond acceptors (Lipinski definition) is 3. The summed E-state index contributed by atoms with van der Waals surface area (Å²) in [6.07, 6.45) is 5.99. The van der Waals surface area contributed by atoms with Gasteiger partial charge in [0.25, 0.3) is 0 Å². The van der Waals surface area contributed by atoms with Crippen LogP contribution in [-0.4, -0.2) is 36.5 Å². The third kappa shape index (κ3) is 4.59. The van der Waals surface area contributed by atoms with E-state index in [2.05, 4.69) is 22.7 Å². The van der Waals surface area contributed by atoms with Crippen molar-refractivity contribution in [2.75, 3.05) is 19.6 Å². The minimum Gasteiger partial charge on any atom is -0.342 e. The number of benzene rings is 1. The number of carbonyl (C=O) groups is 1. The molecule has 2 saturated heterocycles. The number of carbonyl (C=O) groups excluding carboxylic acids is 1. The number of piperidine rings is 1. The van der Waals surface area contributed by atoms with Gasteiger partial charge in [-0.05, 0) is 49.7 Å². The van der Waals surface area contributed by atoms with E-state index in [4.69, 9.17) is 0 Å². The Morgan fingerprint density at radius 1 is 1.32 bits per heavy atom. The van der Waals surface area contributed by atoms with Gasteiger partial charge in [-0.15, -0.1) is 0 Å². The molecule has 0 saturated carbocycles. The van der Waals surface area contributed by atoms with Crippen molar-refractivity contribution in [1.29, 1.82) is 0 Å². The van der Waals surface area contributed by atoms with Crippen LogP contribution in [0.4, 0.5) is 4.39 Å². The largest absolute Gasteiger partial charge is 0.342 e. The number of hydrazine groups is 1. The van der Waals surface area contributed by atoms with Gasteiger partial charge in [0.2, 0.25) is 5.91 Å². The van der Waals surface area contributed by atoms with Crippen LogP contribution < -0.4 is 10.9 Å². The van der Waals surface area contributed by atoms with Gasteiger partial charge in [-0.1, -0.05) is 31.5 Å². The van der Waals surface area contributed by atoms with Gasteiger partial charge in [-0.3, -0.25) is 15.6 Å². The van der Waals surface area contributed by atoms with E-state index in [9.17, 15) is 9.18 Å². The minimum atomic E-state index is -0.114. The van der Waals surface area contributed by atoms with E-state index in [0.717, 1.165) is 63.7 Å². The number of halogens is 1. The quantitative estimate of drug-likeness (QED) is 0.832. The van der Waals surface area contributed by atoms with Crippen molar-refractivity contribution < 1.29 is 9.18 Å². The van der Waals surface area contributed by atoms with Gasteiger partial charge in [0.05, 0.1) is 5.92 Å². The number of hydrogen-bond donors (Lipinski definition) is 2. The van der Waals surface area contributed by atoms with Crippen LogP contribution in [0.15, 0.2) is 24.3 Å². The first kappa shape index (κ1) is 18.3. The van der Waals surface area contributed by atoms with Crippen molar-refractivity contribution in [3.8, 4) is 0 Å². The summed E-state index contributed by atoms with van der Waals surface area (Å²) in [5.74, 6) is 0.692. The van der Waals surface area contributed by atoms with Gasteiger partial charge in [0, 0.05) is 25.7 Å². The summed E-state index contributed by atoms with van der Waals surface area (Å²) >= 11 is 0. The van der Waals surface area contributed by atoms with Gasteiger partial charge < -0.3 is 4.90 Å². The Morgan fingerprint density at radius 2 is 2.16 bits per heavy atom. The average Bonchev–Trinajstić information content (AvgIpc) is 3.09. The second kappa shape index (κ2) is 8.77. The Labute approximate surface area is 150 Å². The van der Waals surface area contributed by atoms with Crippen LogP contribution >= 0.6 is 0 Å². The van der Waals surface area contributed by atoms with Crippen LogP contribution in [0.1, 0.15) is 44.6 Å². The van der Waals surface area contributed by atoms with Gasteiger partial charge in [0.15, 0.2) is 0 Å². The van der Waals surface area contributed by atoms with Gasteiger partial charge in [0.1, 0.15) is 5.82 Å². The number of aryl methyl sites for hydroxylation is 1. The molecular formula is C20H30FN3O. The second-order valence-electron chi connectivity index (χ2n) is 7.45. The van der Waals surface area contributed by atoms with Crippen molar-refractivity contribution in [1.82, 2.24) is 15.8 Å². The molecule has 4 nitrogen and oxygen atoms in total. The molecule has 0 spiro atoms. The highest BCUT2D eigenvalue weighted by Gasteiger charge is 2.36. The Bertz CT molecular complexity index is 580. The average molecular weight is 347 g/mol. The Kier molecular flexibility index (Phi) is 6.43. The third-order valence-corrected chi connectivity index (χ3v) is 5.62. The maximum absolute atomic E-state index is 13.8. The van der Waals surface area contributed by atoms with E-state index < -0.39 is 0 Å². The summed E-state index contributed by atoms with van der Waals surface area (Å²) < 4.78 is 13.8. The minimum absolute atomic E-state index is 0.0465. The fraction of sp³-hybridized carbons (Fsp3) is 0.650. The van der Waals surface area contributed by atoms with Gasteiger partial charge in [-0.25, -0.2) is 4.39 Å². The maximum atomic E-state index is 13.8. The van der Waals surface area contributed by atoms with Crippen molar-refractivity contribution in [2.24, 2.45) is 11.8 Å².